The van der Waals surface area contributed by atoms with Gasteiger partial charge in [-0.3, -0.25) is 4.79 Å². The first-order valence-electron chi connectivity index (χ1n) is 10.6. The van der Waals surface area contributed by atoms with E-state index in [9.17, 15) is 9.90 Å². The average molecular weight is 403 g/mol. The van der Waals surface area contributed by atoms with Gasteiger partial charge in [0.05, 0.1) is 5.56 Å². The van der Waals surface area contributed by atoms with Gasteiger partial charge in [0, 0.05) is 19.6 Å². The molecular formula is C24H34O5. The third-order valence-electron chi connectivity index (χ3n) is 6.33. The van der Waals surface area contributed by atoms with E-state index in [0.717, 1.165) is 48.8 Å². The van der Waals surface area contributed by atoms with Gasteiger partial charge < -0.3 is 19.3 Å². The summed E-state index contributed by atoms with van der Waals surface area (Å²) < 4.78 is 18.0. The first kappa shape index (κ1) is 21.7. The summed E-state index contributed by atoms with van der Waals surface area (Å²) in [5, 5.41) is 11.0. The highest BCUT2D eigenvalue weighted by Gasteiger charge is 2.50. The molecule has 3 rings (SSSR count). The van der Waals surface area contributed by atoms with Crippen molar-refractivity contribution in [1.29, 1.82) is 0 Å². The number of ether oxygens (including phenoxy) is 3. The second-order valence-electron chi connectivity index (χ2n) is 8.96. The second kappa shape index (κ2) is 8.02. The van der Waals surface area contributed by atoms with Crippen LogP contribution in [0.3, 0.4) is 0 Å². The van der Waals surface area contributed by atoms with E-state index in [4.69, 9.17) is 14.2 Å². The van der Waals surface area contributed by atoms with E-state index >= 15 is 0 Å². The molecule has 2 aliphatic rings. The summed E-state index contributed by atoms with van der Waals surface area (Å²) in [7, 11) is 1.64. The largest absolute Gasteiger partial charge is 0.507 e. The first-order valence-corrected chi connectivity index (χ1v) is 10.6. The van der Waals surface area contributed by atoms with Crippen LogP contribution in [0.1, 0.15) is 77.8 Å². The summed E-state index contributed by atoms with van der Waals surface area (Å²) in [5.41, 5.74) is 2.36. The van der Waals surface area contributed by atoms with Crippen molar-refractivity contribution < 1.29 is 24.1 Å². The molecule has 2 unspecified atom stereocenters. The lowest BCUT2D eigenvalue weighted by Gasteiger charge is -2.48. The number of aryl methyl sites for hydroxylation is 1. The molecule has 160 valence electrons. The molecule has 0 aromatic heterocycles. The maximum atomic E-state index is 12.0. The number of fused-ring (bicyclic) bond motifs is 2. The van der Waals surface area contributed by atoms with Crippen LogP contribution < -0.4 is 4.74 Å². The minimum absolute atomic E-state index is 0.175. The minimum atomic E-state index is -0.665. The zero-order valence-electron chi connectivity index (χ0n) is 18.6. The highest BCUT2D eigenvalue weighted by Crippen LogP contribution is 2.54. The van der Waals surface area contributed by atoms with E-state index < -0.39 is 17.3 Å². The molecule has 0 spiro atoms. The Hall–Kier alpha value is -2.01. The van der Waals surface area contributed by atoms with Crippen molar-refractivity contribution in [3.05, 3.63) is 28.8 Å². The molecule has 5 heteroatoms. The molecule has 0 saturated carbocycles. The summed E-state index contributed by atoms with van der Waals surface area (Å²) in [6, 6.07) is 3.85. The number of hydrogen-bond donors (Lipinski definition) is 1. The molecule has 1 N–H and O–H groups in total. The lowest BCUT2D eigenvalue weighted by Crippen LogP contribution is -2.51. The summed E-state index contributed by atoms with van der Waals surface area (Å²) in [6.45, 7) is 9.61. The maximum absolute atomic E-state index is 12.0. The van der Waals surface area contributed by atoms with Crippen molar-refractivity contribution in [3.63, 3.8) is 0 Å². The predicted octanol–water partition coefficient (Wildman–Crippen LogP) is 5.18. The Balaban J connectivity index is 2.15. The molecule has 1 aliphatic carbocycles. The number of phenols is 1. The Morgan fingerprint density at radius 2 is 2.00 bits per heavy atom. The van der Waals surface area contributed by atoms with Crippen molar-refractivity contribution >= 4 is 11.5 Å². The highest BCUT2D eigenvalue weighted by atomic mass is 16.6. The van der Waals surface area contributed by atoms with Crippen LogP contribution in [0.15, 0.2) is 17.7 Å². The van der Waals surface area contributed by atoms with E-state index in [0.29, 0.717) is 17.7 Å². The topological polar surface area (TPSA) is 65.0 Å². The number of rotatable bonds is 6. The zero-order chi connectivity index (χ0) is 21.4. The molecule has 0 fully saturated rings. The summed E-state index contributed by atoms with van der Waals surface area (Å²) in [4.78, 5) is 12.0. The number of phenolic OH excluding ortho intramolecular Hbond substituents is 1. The SMILES string of the molecule is CCCCCc1cc(O)c2c(c1)OC(C)(C)C1=C2C(OC(C)=O)C(C)(OC)CC1. The zero-order valence-corrected chi connectivity index (χ0v) is 18.6. The molecule has 2 atom stereocenters. The van der Waals surface area contributed by atoms with Crippen molar-refractivity contribution in [2.75, 3.05) is 7.11 Å². The van der Waals surface area contributed by atoms with Gasteiger partial charge in [-0.15, -0.1) is 0 Å². The smallest absolute Gasteiger partial charge is 0.303 e. The monoisotopic (exact) mass is 402 g/mol. The molecule has 1 heterocycles. The number of benzene rings is 1. The van der Waals surface area contributed by atoms with Gasteiger partial charge in [-0.1, -0.05) is 19.8 Å². The van der Waals surface area contributed by atoms with Crippen LogP contribution in [0.5, 0.6) is 11.5 Å². The van der Waals surface area contributed by atoms with Crippen molar-refractivity contribution in [2.45, 2.75) is 90.4 Å². The third-order valence-corrected chi connectivity index (χ3v) is 6.33. The average Bonchev–Trinajstić information content (AvgIpc) is 2.63. The van der Waals surface area contributed by atoms with Gasteiger partial charge in [0.1, 0.15) is 22.7 Å². The molecule has 5 nitrogen and oxygen atoms in total. The summed E-state index contributed by atoms with van der Waals surface area (Å²) >= 11 is 0. The minimum Gasteiger partial charge on any atom is -0.507 e. The Kier molecular flexibility index (Phi) is 6.00. The van der Waals surface area contributed by atoms with Gasteiger partial charge in [-0.2, -0.15) is 0 Å². The fourth-order valence-corrected chi connectivity index (χ4v) is 4.64. The van der Waals surface area contributed by atoms with Crippen LogP contribution >= 0.6 is 0 Å². The number of aromatic hydroxyl groups is 1. The molecule has 0 radical (unpaired) electrons. The van der Waals surface area contributed by atoms with Crippen LogP contribution in [-0.2, 0) is 20.7 Å². The molecular weight excluding hydrogens is 368 g/mol. The molecule has 0 bridgehead atoms. The predicted molar refractivity (Wildman–Crippen MR) is 113 cm³/mol. The van der Waals surface area contributed by atoms with E-state index in [-0.39, 0.29) is 11.7 Å². The second-order valence-corrected chi connectivity index (χ2v) is 8.96. The van der Waals surface area contributed by atoms with E-state index in [2.05, 4.69) is 6.92 Å². The van der Waals surface area contributed by atoms with Crippen LogP contribution in [0.2, 0.25) is 0 Å². The Morgan fingerprint density at radius 3 is 2.62 bits per heavy atom. The molecule has 1 aromatic carbocycles. The van der Waals surface area contributed by atoms with Crippen LogP contribution in [0.4, 0.5) is 0 Å². The normalized spacial score (nSPS) is 25.1. The number of unbranched alkanes of at least 4 members (excludes halogenated alkanes) is 2. The van der Waals surface area contributed by atoms with Gasteiger partial charge in [0.15, 0.2) is 6.10 Å². The highest BCUT2D eigenvalue weighted by molar-refractivity contribution is 5.85. The van der Waals surface area contributed by atoms with Crippen LogP contribution in [0, 0.1) is 0 Å². The molecule has 1 aromatic rings. The van der Waals surface area contributed by atoms with Crippen LogP contribution in [0.25, 0.3) is 5.57 Å². The molecule has 0 amide bonds. The lowest BCUT2D eigenvalue weighted by atomic mass is 9.70. The van der Waals surface area contributed by atoms with E-state index in [1.54, 1.807) is 7.11 Å². The fourth-order valence-electron chi connectivity index (χ4n) is 4.64. The van der Waals surface area contributed by atoms with Crippen LogP contribution in [-0.4, -0.2) is 35.5 Å². The van der Waals surface area contributed by atoms with Gasteiger partial charge >= 0.3 is 5.97 Å². The molecule has 29 heavy (non-hydrogen) atoms. The Labute approximate surface area is 174 Å². The van der Waals surface area contributed by atoms with Crippen molar-refractivity contribution in [2.24, 2.45) is 0 Å². The maximum Gasteiger partial charge on any atom is 0.303 e. The van der Waals surface area contributed by atoms with Gasteiger partial charge in [-0.25, -0.2) is 0 Å². The number of carbonyl (C=O) groups is 1. The number of hydrogen-bond acceptors (Lipinski definition) is 5. The Morgan fingerprint density at radius 1 is 1.28 bits per heavy atom. The van der Waals surface area contributed by atoms with Gasteiger partial charge in [-0.05, 0) is 69.7 Å². The number of esters is 1. The molecule has 1 aliphatic heterocycles. The Bertz CT molecular complexity index is 823. The molecule has 0 saturated heterocycles. The fraction of sp³-hybridized carbons (Fsp3) is 0.625. The van der Waals surface area contributed by atoms with Crippen molar-refractivity contribution in [3.8, 4) is 11.5 Å². The van der Waals surface area contributed by atoms with Gasteiger partial charge in [0.2, 0.25) is 0 Å². The summed E-state index contributed by atoms with van der Waals surface area (Å²) in [6.07, 6.45) is 5.13. The third kappa shape index (κ3) is 4.02. The quantitative estimate of drug-likeness (QED) is 0.525. The van der Waals surface area contributed by atoms with E-state index in [1.165, 1.54) is 6.92 Å². The van der Waals surface area contributed by atoms with E-state index in [1.807, 2.05) is 32.9 Å². The lowest BCUT2D eigenvalue weighted by molar-refractivity contribution is -0.159. The van der Waals surface area contributed by atoms with Gasteiger partial charge in [0.25, 0.3) is 0 Å². The number of carbonyl (C=O) groups excluding carboxylic acids is 1. The summed E-state index contributed by atoms with van der Waals surface area (Å²) in [5.74, 6) is 0.459. The first-order chi connectivity index (χ1) is 13.6. The van der Waals surface area contributed by atoms with Crippen molar-refractivity contribution in [1.82, 2.24) is 0 Å². The number of methoxy groups -OCH3 is 1. The standard InChI is InChI=1S/C24H34O5/c1-7-8-9-10-16-13-18(26)21-19(14-16)29-23(3,4)17-11-12-24(5,27-6)22(20(17)21)28-15(2)25/h13-14,22,26H,7-12H2,1-6H3.